The lowest BCUT2D eigenvalue weighted by atomic mass is 10.2. The molecular weight excluding hydrogens is 370 g/mol. The molecule has 0 radical (unpaired) electrons. The minimum atomic E-state index is -0.135. The van der Waals surface area contributed by atoms with Crippen molar-refractivity contribution in [2.75, 3.05) is 10.6 Å². The van der Waals surface area contributed by atoms with E-state index in [9.17, 15) is 9.59 Å². The van der Waals surface area contributed by atoms with E-state index in [0.717, 1.165) is 17.9 Å². The van der Waals surface area contributed by atoms with Crippen molar-refractivity contribution < 1.29 is 9.59 Å². The van der Waals surface area contributed by atoms with Crippen molar-refractivity contribution in [3.05, 3.63) is 69.7 Å². The maximum atomic E-state index is 12.8. The average Bonchev–Trinajstić information content (AvgIpc) is 3.27. The van der Waals surface area contributed by atoms with Crippen LogP contribution in [0.2, 0.25) is 0 Å². The lowest BCUT2D eigenvalue weighted by Crippen LogP contribution is -2.17. The predicted octanol–water partition coefficient (Wildman–Crippen LogP) is 5.06. The van der Waals surface area contributed by atoms with Gasteiger partial charge in [0.15, 0.2) is 0 Å². The number of anilines is 2. The summed E-state index contributed by atoms with van der Waals surface area (Å²) in [6, 6.07) is 13.2. The van der Waals surface area contributed by atoms with Gasteiger partial charge in [0.25, 0.3) is 5.91 Å². The van der Waals surface area contributed by atoms with Crippen LogP contribution in [-0.4, -0.2) is 16.4 Å². The summed E-state index contributed by atoms with van der Waals surface area (Å²) in [6.45, 7) is 8.45. The third-order valence-electron chi connectivity index (χ3n) is 4.65. The summed E-state index contributed by atoms with van der Waals surface area (Å²) in [5, 5.41) is 7.84. The summed E-state index contributed by atoms with van der Waals surface area (Å²) in [7, 11) is 0. The highest BCUT2D eigenvalue weighted by Crippen LogP contribution is 2.21. The molecule has 0 spiro atoms. The molecule has 2 N–H and O–H groups in total. The maximum Gasteiger partial charge on any atom is 0.257 e. The Kier molecular flexibility index (Phi) is 5.99. The first-order valence-electron chi connectivity index (χ1n) is 9.26. The summed E-state index contributed by atoms with van der Waals surface area (Å²) in [4.78, 5) is 25.8. The fraction of sp³-hybridized carbons (Fsp3) is 0.273. The van der Waals surface area contributed by atoms with Crippen LogP contribution >= 0.6 is 11.3 Å². The number of aryl methyl sites for hydroxylation is 1. The van der Waals surface area contributed by atoms with Crippen LogP contribution in [0.1, 0.15) is 40.5 Å². The number of benzene rings is 1. The van der Waals surface area contributed by atoms with E-state index in [1.807, 2.05) is 39.8 Å². The number of thiophene rings is 1. The number of carbonyl (C=O) groups excluding carboxylic acids is 2. The van der Waals surface area contributed by atoms with Crippen molar-refractivity contribution in [3.63, 3.8) is 0 Å². The first-order chi connectivity index (χ1) is 13.3. The minimum absolute atomic E-state index is 0.0324. The van der Waals surface area contributed by atoms with Gasteiger partial charge in [-0.2, -0.15) is 0 Å². The Balaban J connectivity index is 1.70. The van der Waals surface area contributed by atoms with Crippen LogP contribution in [0.25, 0.3) is 0 Å². The SMILES string of the molecule is Cc1cc(C(=O)Nc2ccc(NC(=O)C(C)C)cc2)c(C)n1Cc1cccs1. The second kappa shape index (κ2) is 8.44. The number of rotatable bonds is 6. The second-order valence-corrected chi connectivity index (χ2v) is 8.16. The lowest BCUT2D eigenvalue weighted by Gasteiger charge is -2.10. The van der Waals surface area contributed by atoms with Gasteiger partial charge in [0.1, 0.15) is 0 Å². The molecule has 1 aromatic carbocycles. The van der Waals surface area contributed by atoms with Crippen molar-refractivity contribution in [1.82, 2.24) is 4.57 Å². The van der Waals surface area contributed by atoms with Gasteiger partial charge in [-0.3, -0.25) is 9.59 Å². The van der Waals surface area contributed by atoms with E-state index in [4.69, 9.17) is 0 Å². The predicted molar refractivity (Wildman–Crippen MR) is 115 cm³/mol. The molecule has 6 heteroatoms. The average molecular weight is 396 g/mol. The lowest BCUT2D eigenvalue weighted by molar-refractivity contribution is -0.118. The van der Waals surface area contributed by atoms with E-state index in [1.165, 1.54) is 4.88 Å². The van der Waals surface area contributed by atoms with Crippen LogP contribution in [0, 0.1) is 19.8 Å². The molecule has 0 bridgehead atoms. The van der Waals surface area contributed by atoms with Crippen LogP contribution in [0.4, 0.5) is 11.4 Å². The van der Waals surface area contributed by atoms with Crippen molar-refractivity contribution in [2.45, 2.75) is 34.2 Å². The largest absolute Gasteiger partial charge is 0.343 e. The van der Waals surface area contributed by atoms with Crippen molar-refractivity contribution >= 4 is 34.5 Å². The molecule has 0 aliphatic rings. The Labute approximate surface area is 169 Å². The highest BCUT2D eigenvalue weighted by molar-refractivity contribution is 7.09. The zero-order chi connectivity index (χ0) is 20.3. The number of carbonyl (C=O) groups is 2. The molecule has 28 heavy (non-hydrogen) atoms. The molecule has 0 aliphatic carbocycles. The van der Waals surface area contributed by atoms with Crippen LogP contribution in [-0.2, 0) is 11.3 Å². The van der Waals surface area contributed by atoms with E-state index in [0.29, 0.717) is 16.9 Å². The molecule has 5 nitrogen and oxygen atoms in total. The molecular formula is C22H25N3O2S. The molecule has 0 fully saturated rings. The third kappa shape index (κ3) is 4.51. The number of aromatic nitrogens is 1. The smallest absolute Gasteiger partial charge is 0.257 e. The Bertz CT molecular complexity index is 970. The first kappa shape index (κ1) is 19.9. The van der Waals surface area contributed by atoms with Gasteiger partial charge in [-0.1, -0.05) is 19.9 Å². The monoisotopic (exact) mass is 395 g/mol. The summed E-state index contributed by atoms with van der Waals surface area (Å²) >= 11 is 1.71. The molecule has 2 heterocycles. The number of nitrogens with zero attached hydrogens (tertiary/aromatic N) is 1. The molecule has 0 aliphatic heterocycles. The van der Waals surface area contributed by atoms with E-state index >= 15 is 0 Å². The fourth-order valence-corrected chi connectivity index (χ4v) is 3.65. The summed E-state index contributed by atoms with van der Waals surface area (Å²) in [5.74, 6) is -0.247. The molecule has 0 atom stereocenters. The topological polar surface area (TPSA) is 63.1 Å². The van der Waals surface area contributed by atoms with Crippen molar-refractivity contribution in [3.8, 4) is 0 Å². The van der Waals surface area contributed by atoms with E-state index in [1.54, 1.807) is 35.6 Å². The quantitative estimate of drug-likeness (QED) is 0.613. The van der Waals surface area contributed by atoms with E-state index < -0.39 is 0 Å². The second-order valence-electron chi connectivity index (χ2n) is 7.13. The Morgan fingerprint density at radius 3 is 2.25 bits per heavy atom. The van der Waals surface area contributed by atoms with Crippen molar-refractivity contribution in [2.24, 2.45) is 5.92 Å². The highest BCUT2D eigenvalue weighted by atomic mass is 32.1. The molecule has 0 saturated heterocycles. The normalized spacial score (nSPS) is 10.9. The number of nitrogens with one attached hydrogen (secondary N) is 2. The van der Waals surface area contributed by atoms with Crippen LogP contribution < -0.4 is 10.6 Å². The Hall–Kier alpha value is -2.86. The maximum absolute atomic E-state index is 12.8. The number of amides is 2. The summed E-state index contributed by atoms with van der Waals surface area (Å²) in [6.07, 6.45) is 0. The summed E-state index contributed by atoms with van der Waals surface area (Å²) in [5.41, 5.74) is 4.08. The molecule has 3 rings (SSSR count). The Morgan fingerprint density at radius 2 is 1.68 bits per heavy atom. The van der Waals surface area contributed by atoms with Gasteiger partial charge in [0.2, 0.25) is 5.91 Å². The molecule has 0 unspecified atom stereocenters. The molecule has 2 aromatic heterocycles. The first-order valence-corrected chi connectivity index (χ1v) is 10.1. The zero-order valence-electron chi connectivity index (χ0n) is 16.6. The molecule has 3 aromatic rings. The van der Waals surface area contributed by atoms with Gasteiger partial charge < -0.3 is 15.2 Å². The van der Waals surface area contributed by atoms with Gasteiger partial charge in [0.05, 0.1) is 12.1 Å². The molecule has 146 valence electrons. The van der Waals surface area contributed by atoms with E-state index in [2.05, 4.69) is 26.6 Å². The van der Waals surface area contributed by atoms with Crippen LogP contribution in [0.15, 0.2) is 47.8 Å². The minimum Gasteiger partial charge on any atom is -0.343 e. The van der Waals surface area contributed by atoms with Gasteiger partial charge in [0, 0.05) is 33.6 Å². The fourth-order valence-electron chi connectivity index (χ4n) is 2.95. The van der Waals surface area contributed by atoms with Gasteiger partial charge in [-0.25, -0.2) is 0 Å². The Morgan fingerprint density at radius 1 is 1.04 bits per heavy atom. The van der Waals surface area contributed by atoms with Gasteiger partial charge in [-0.15, -0.1) is 11.3 Å². The van der Waals surface area contributed by atoms with Crippen LogP contribution in [0.3, 0.4) is 0 Å². The number of hydrogen-bond acceptors (Lipinski definition) is 3. The van der Waals surface area contributed by atoms with Crippen molar-refractivity contribution in [1.29, 1.82) is 0 Å². The third-order valence-corrected chi connectivity index (χ3v) is 5.51. The van der Waals surface area contributed by atoms with Crippen LogP contribution in [0.5, 0.6) is 0 Å². The zero-order valence-corrected chi connectivity index (χ0v) is 17.4. The highest BCUT2D eigenvalue weighted by Gasteiger charge is 2.16. The van der Waals surface area contributed by atoms with Gasteiger partial charge >= 0.3 is 0 Å². The number of hydrogen-bond donors (Lipinski definition) is 2. The standard InChI is InChI=1S/C22H25N3O2S/c1-14(2)21(26)23-17-7-9-18(10-8-17)24-22(27)20-12-15(3)25(16(20)4)13-19-6-5-11-28-19/h5-12,14H,13H2,1-4H3,(H,23,26)(H,24,27). The molecule has 0 saturated carbocycles. The molecule has 2 amide bonds. The summed E-state index contributed by atoms with van der Waals surface area (Å²) < 4.78 is 2.16. The van der Waals surface area contributed by atoms with Gasteiger partial charge in [-0.05, 0) is 55.6 Å². The van der Waals surface area contributed by atoms with E-state index in [-0.39, 0.29) is 17.7 Å².